The first-order chi connectivity index (χ1) is 65.3. The molecule has 5 saturated heterocycles. The fraction of sp³-hybridized carbons (Fsp3) is 0.446. The van der Waals surface area contributed by atoms with E-state index in [-0.39, 0.29) is 45.4 Å². The highest BCUT2D eigenvalue weighted by atomic mass is 19.4. The van der Waals surface area contributed by atoms with E-state index in [0.717, 1.165) is 210 Å². The molecule has 9 heterocycles. The summed E-state index contributed by atoms with van der Waals surface area (Å²) < 4.78 is 75.3. The van der Waals surface area contributed by atoms with Crippen LogP contribution in [0.2, 0.25) is 0 Å². The Bertz CT molecular complexity index is 6330. The number of benzene rings is 8. The minimum atomic E-state index is -4.51. The molecule has 31 nitrogen and oxygen atoms in total. The van der Waals surface area contributed by atoms with Gasteiger partial charge in [0.1, 0.15) is 46.3 Å². The first kappa shape index (κ1) is 98.9. The Hall–Kier alpha value is -12.1. The summed E-state index contributed by atoms with van der Waals surface area (Å²) in [5.41, 5.74) is 10.1. The van der Waals surface area contributed by atoms with E-state index >= 15 is 0 Å². The molecule has 17 rings (SSSR count). The van der Waals surface area contributed by atoms with Crippen LogP contribution in [0.1, 0.15) is 108 Å². The molecule has 0 radical (unpaired) electrons. The molecule has 718 valence electrons. The molecular weight excluding hydrogens is 1730 g/mol. The quantitative estimate of drug-likeness (QED) is 0.0305. The zero-order valence-electron chi connectivity index (χ0n) is 79.2. The van der Waals surface area contributed by atoms with E-state index in [1.165, 1.54) is 28.8 Å². The van der Waals surface area contributed by atoms with Crippen LogP contribution in [-0.2, 0) is 24.0 Å². The number of hydrogen-bond donors (Lipinski definition) is 2. The first-order valence-electron chi connectivity index (χ1n) is 47.1. The zero-order chi connectivity index (χ0) is 95.4. The summed E-state index contributed by atoms with van der Waals surface area (Å²) in [7, 11) is 8.49. The van der Waals surface area contributed by atoms with Gasteiger partial charge in [-0.25, -0.2) is 19.9 Å². The number of nitro benzene ring substituents is 1. The number of likely N-dealkylation sites (N-methyl/N-ethyl adjacent to an activating group) is 4. The predicted octanol–water partition coefficient (Wildman–Crippen LogP) is 13.1. The number of nitrogen functional groups attached to an aromatic ring is 1. The predicted molar refractivity (Wildman–Crippen MR) is 525 cm³/mol. The average molecular weight is 1850 g/mol. The molecular formula is C101H127F3N20O11. The van der Waals surface area contributed by atoms with Crippen LogP contribution in [0, 0.1) is 10.1 Å². The number of aromatic nitrogens is 8. The lowest BCUT2D eigenvalue weighted by atomic mass is 10.1. The van der Waals surface area contributed by atoms with Crippen molar-refractivity contribution in [2.75, 3.05) is 210 Å². The summed E-state index contributed by atoms with van der Waals surface area (Å²) >= 11 is 0. The molecule has 3 N–H and O–H groups in total. The van der Waals surface area contributed by atoms with Gasteiger partial charge in [0.05, 0.1) is 142 Å². The van der Waals surface area contributed by atoms with Crippen molar-refractivity contribution < 1.29 is 41.8 Å². The van der Waals surface area contributed by atoms with Gasteiger partial charge in [-0.05, 0) is 244 Å². The van der Waals surface area contributed by atoms with Gasteiger partial charge in [0.15, 0.2) is 0 Å². The fourth-order valence-corrected chi connectivity index (χ4v) is 18.0. The molecule has 5 aliphatic rings. The van der Waals surface area contributed by atoms with E-state index < -0.39 is 22.2 Å². The van der Waals surface area contributed by atoms with Crippen LogP contribution >= 0.6 is 0 Å². The Morgan fingerprint density at radius 1 is 0.422 bits per heavy atom. The van der Waals surface area contributed by atoms with E-state index in [0.29, 0.717) is 124 Å². The highest BCUT2D eigenvalue weighted by Gasteiger charge is 2.34. The molecule has 0 saturated carbocycles. The summed E-state index contributed by atoms with van der Waals surface area (Å²) in [6.45, 7) is 35.1. The van der Waals surface area contributed by atoms with Crippen molar-refractivity contribution in [3.63, 3.8) is 0 Å². The number of hydrogen-bond acceptors (Lipinski definition) is 26. The number of ether oxygens (including phenoxy) is 5. The molecule has 12 aromatic rings. The lowest BCUT2D eigenvalue weighted by molar-refractivity contribution is -0.384. The molecule has 5 fully saturated rings. The Morgan fingerprint density at radius 2 is 0.793 bits per heavy atom. The third kappa shape index (κ3) is 24.4. The summed E-state index contributed by atoms with van der Waals surface area (Å²) in [5.74, 6) is 4.86. The van der Waals surface area contributed by atoms with Crippen LogP contribution in [0.3, 0.4) is 0 Å². The van der Waals surface area contributed by atoms with Gasteiger partial charge in [0.25, 0.3) is 27.9 Å². The second-order valence-electron chi connectivity index (χ2n) is 34.8. The fourth-order valence-electron chi connectivity index (χ4n) is 18.0. The van der Waals surface area contributed by atoms with E-state index in [2.05, 4.69) is 89.5 Å². The molecule has 4 aromatic heterocycles. The maximum Gasteiger partial charge on any atom is 0.416 e. The van der Waals surface area contributed by atoms with Gasteiger partial charge in [-0.15, -0.1) is 0 Å². The second-order valence-corrected chi connectivity index (χ2v) is 34.8. The largest absolute Gasteiger partial charge is 0.492 e. The van der Waals surface area contributed by atoms with Crippen molar-refractivity contribution in [1.82, 2.24) is 82.3 Å². The van der Waals surface area contributed by atoms with Gasteiger partial charge in [-0.2, -0.15) is 13.2 Å². The van der Waals surface area contributed by atoms with Crippen LogP contribution in [-0.4, -0.2) is 286 Å². The van der Waals surface area contributed by atoms with E-state index in [1.54, 1.807) is 50.1 Å². The lowest BCUT2D eigenvalue weighted by Gasteiger charge is -2.29. The van der Waals surface area contributed by atoms with Gasteiger partial charge in [0.2, 0.25) is 0 Å². The topological polar surface area (TPSA) is 296 Å². The standard InChI is InChI=1S/C29H40N6O3.C24H27F3N4O2.C24H29N5O4.C24H31N5O2/c1-3-38-27-8-5-4-7-26(27)35-28(22-34-13-6-12-32(2)15-16-34)31-25-21-23(9-10-24(25)29(35)36)30-11-14-33-17-19-37-20-18-33;1-3-33-21-8-5-4-7-20(21)31-22(16-30-12-6-11-29(2)13-14-30)28-19-15-17(24(25,26)27)9-10-18(19)23(31)32;1-4-33-22-9-6-5-8-21(22)28-23(17(2)27-13-7-12-26(3)14-15-27)25-20-16-18(29(31)32)10-11-19(20)24(28)30;1-4-31-22-9-6-5-8-21(22)29-23(17(2)28-13-7-12-27(3)14-15-28)26-20-16-18(25)10-11-19(20)24(29)30/h4-5,7-10,21,30H,3,6,11-20,22H2,1-2H3;4-5,7-10,15H,3,6,11-14,16H2,1-2H3;5-6,8-11,16-17H,4,7,12-15H2,1-3H3;5-6,8-11,16-17H,4,7,12-15,25H2,1-3H3. The highest BCUT2D eigenvalue weighted by Crippen LogP contribution is 2.36. The molecule has 2 atom stereocenters. The van der Waals surface area contributed by atoms with Crippen LogP contribution in [0.15, 0.2) is 189 Å². The number of nitrogens with zero attached hydrogens (tertiary/aromatic N) is 18. The molecule has 34 heteroatoms. The number of nitro groups is 1. The Balaban J connectivity index is 0.000000145. The first-order valence-corrected chi connectivity index (χ1v) is 47.1. The van der Waals surface area contributed by atoms with Gasteiger partial charge in [0, 0.05) is 115 Å². The lowest BCUT2D eigenvalue weighted by Crippen LogP contribution is -2.39. The molecule has 135 heavy (non-hydrogen) atoms. The number of halogens is 3. The normalized spacial score (nSPS) is 16.9. The number of alkyl halides is 3. The Morgan fingerprint density at radius 3 is 1.22 bits per heavy atom. The molecule has 2 unspecified atom stereocenters. The summed E-state index contributed by atoms with van der Waals surface area (Å²) in [6.07, 6.45) is -0.355. The smallest absolute Gasteiger partial charge is 0.416 e. The van der Waals surface area contributed by atoms with Crippen molar-refractivity contribution >= 4 is 60.7 Å². The molecule has 8 aromatic carbocycles. The zero-order valence-corrected chi connectivity index (χ0v) is 79.2. The van der Waals surface area contributed by atoms with E-state index in [9.17, 15) is 42.5 Å². The van der Waals surface area contributed by atoms with Gasteiger partial charge < -0.3 is 54.3 Å². The number of rotatable bonds is 25. The summed E-state index contributed by atoms with van der Waals surface area (Å²) in [6, 6.07) is 48.2. The van der Waals surface area contributed by atoms with Gasteiger partial charge in [-0.3, -0.25) is 72.1 Å². The maximum atomic E-state index is 14.0. The minimum absolute atomic E-state index is 0.0419. The van der Waals surface area contributed by atoms with Crippen molar-refractivity contribution in [1.29, 1.82) is 0 Å². The van der Waals surface area contributed by atoms with E-state index in [4.69, 9.17) is 44.4 Å². The van der Waals surface area contributed by atoms with Gasteiger partial charge >= 0.3 is 6.18 Å². The van der Waals surface area contributed by atoms with Crippen molar-refractivity contribution in [2.45, 2.75) is 98.6 Å². The van der Waals surface area contributed by atoms with Gasteiger partial charge in [-0.1, -0.05) is 48.5 Å². The summed E-state index contributed by atoms with van der Waals surface area (Å²) in [4.78, 5) is 106. The Labute approximate surface area is 785 Å². The molecule has 0 amide bonds. The number of morpholine rings is 1. The van der Waals surface area contributed by atoms with Crippen LogP contribution < -0.4 is 52.2 Å². The van der Waals surface area contributed by atoms with Crippen molar-refractivity contribution in [3.8, 4) is 45.7 Å². The second kappa shape index (κ2) is 46.4. The highest BCUT2D eigenvalue weighted by molar-refractivity contribution is 5.84. The molecule has 0 aliphatic carbocycles. The number of nitrogens with two attached hydrogens (primary N) is 1. The van der Waals surface area contributed by atoms with Crippen molar-refractivity contribution in [2.24, 2.45) is 0 Å². The van der Waals surface area contributed by atoms with Crippen LogP contribution in [0.4, 0.5) is 30.2 Å². The van der Waals surface area contributed by atoms with Crippen LogP contribution in [0.25, 0.3) is 66.4 Å². The molecule has 0 bridgehead atoms. The number of fused-ring (bicyclic) bond motifs is 4. The molecule has 0 spiro atoms. The Kier molecular flexibility index (Phi) is 34.0. The van der Waals surface area contributed by atoms with Crippen molar-refractivity contribution in [3.05, 3.63) is 250 Å². The third-order valence-corrected chi connectivity index (χ3v) is 25.4. The average Bonchev–Trinajstić information content (AvgIpc) is 1.14. The van der Waals surface area contributed by atoms with Crippen LogP contribution in [0.5, 0.6) is 23.0 Å². The number of non-ortho nitro benzene ring substituents is 1. The SMILES string of the molecule is CCOc1ccccc1-n1c(C(C)N2CCCN(C)CC2)nc2cc(N)ccc2c1=O.CCOc1ccccc1-n1c(C(C)N2CCCN(C)CC2)nc2cc([N+](=O)[O-])ccc2c1=O.CCOc1ccccc1-n1c(CN2CCCN(C)CC2)nc2cc(C(F)(F)F)ccc2c1=O.CCOc1ccccc1-n1c(CN2CCCN(C)CC2)nc2cc(NCCN3CCOCC3)ccc2c1=O. The number of nitrogens with one attached hydrogen (secondary N) is 1. The monoisotopic (exact) mass is 1850 g/mol. The number of para-hydroxylation sites is 8. The minimum Gasteiger partial charge on any atom is -0.492 e. The third-order valence-electron chi connectivity index (χ3n) is 25.4. The van der Waals surface area contributed by atoms with E-state index in [1.807, 2.05) is 132 Å². The maximum absolute atomic E-state index is 14.0. The number of anilines is 2. The molecule has 5 aliphatic heterocycles. The summed E-state index contributed by atoms with van der Waals surface area (Å²) in [5, 5.41) is 16.5.